The monoisotopic (exact) mass is 267 g/mol. The van der Waals surface area contributed by atoms with E-state index in [0.717, 1.165) is 16.3 Å². The van der Waals surface area contributed by atoms with Gasteiger partial charge in [0.05, 0.1) is 27.9 Å². The maximum absolute atomic E-state index is 5.68. The Balaban J connectivity index is 2.00. The summed E-state index contributed by atoms with van der Waals surface area (Å²) in [4.78, 5) is 10.1. The molecule has 0 bridgehead atoms. The first-order chi connectivity index (χ1) is 8.28. The van der Waals surface area contributed by atoms with Crippen LogP contribution in [0.5, 0.6) is 0 Å². The Morgan fingerprint density at radius 2 is 2.29 bits per heavy atom. The molecule has 0 unspecified atom stereocenters. The van der Waals surface area contributed by atoms with Crippen LogP contribution in [0.15, 0.2) is 5.38 Å². The number of nitrogens with zero attached hydrogens (tertiary/aromatic N) is 2. The first-order valence-corrected chi connectivity index (χ1v) is 7.17. The van der Waals surface area contributed by atoms with E-state index in [0.29, 0.717) is 17.7 Å². The Morgan fingerprint density at radius 3 is 2.88 bits per heavy atom. The number of nitrogens with two attached hydrogens (primary N) is 1. The number of hydrogen-bond acceptors (Lipinski definition) is 6. The summed E-state index contributed by atoms with van der Waals surface area (Å²) in [6, 6.07) is 0. The van der Waals surface area contributed by atoms with Crippen molar-refractivity contribution in [3.63, 3.8) is 0 Å². The van der Waals surface area contributed by atoms with Crippen LogP contribution in [0.25, 0.3) is 10.6 Å². The highest BCUT2D eigenvalue weighted by atomic mass is 32.1. The van der Waals surface area contributed by atoms with Gasteiger partial charge in [-0.1, -0.05) is 0 Å². The van der Waals surface area contributed by atoms with Crippen LogP contribution in [0.3, 0.4) is 0 Å². The topological polar surface area (TPSA) is 61.0 Å². The van der Waals surface area contributed by atoms with Gasteiger partial charge < -0.3 is 10.5 Å². The van der Waals surface area contributed by atoms with Crippen molar-refractivity contribution in [2.45, 2.75) is 25.4 Å². The average Bonchev–Trinajstić information content (AvgIpc) is 2.94. The fourth-order valence-corrected chi connectivity index (χ4v) is 3.53. The van der Waals surface area contributed by atoms with E-state index in [2.05, 4.69) is 9.97 Å². The second-order valence-electron chi connectivity index (χ2n) is 4.11. The number of anilines is 1. The lowest BCUT2D eigenvalue weighted by Gasteiger charge is -1.96. The summed E-state index contributed by atoms with van der Waals surface area (Å²) in [5.74, 6) is 0.667. The van der Waals surface area contributed by atoms with Gasteiger partial charge in [-0.05, 0) is 12.8 Å². The van der Waals surface area contributed by atoms with Crippen LogP contribution in [0, 0.1) is 0 Å². The molecule has 0 saturated heterocycles. The Labute approximate surface area is 107 Å². The highest BCUT2D eigenvalue weighted by molar-refractivity contribution is 7.16. The van der Waals surface area contributed by atoms with Gasteiger partial charge in [0, 0.05) is 18.4 Å². The Bertz CT molecular complexity index is 531. The number of thiazole rings is 2. The molecular weight excluding hydrogens is 254 g/mol. The van der Waals surface area contributed by atoms with Gasteiger partial charge in [0.15, 0.2) is 5.13 Å². The first kappa shape index (κ1) is 11.1. The lowest BCUT2D eigenvalue weighted by molar-refractivity contribution is 0.182. The highest BCUT2D eigenvalue weighted by Gasteiger charge is 2.29. The van der Waals surface area contributed by atoms with E-state index in [1.54, 1.807) is 18.4 Å². The minimum atomic E-state index is 0.538. The number of methoxy groups -OCH3 is 1. The largest absolute Gasteiger partial charge is 0.378 e. The number of nitrogen functional groups attached to an aromatic ring is 1. The molecule has 1 aliphatic carbocycles. The van der Waals surface area contributed by atoms with Crippen LogP contribution in [-0.4, -0.2) is 17.1 Å². The van der Waals surface area contributed by atoms with Crippen LogP contribution in [0.2, 0.25) is 0 Å². The fraction of sp³-hybridized carbons (Fsp3) is 0.455. The zero-order valence-corrected chi connectivity index (χ0v) is 11.1. The molecule has 0 amide bonds. The zero-order chi connectivity index (χ0) is 11.8. The molecule has 6 heteroatoms. The molecule has 0 aromatic carbocycles. The second kappa shape index (κ2) is 4.36. The molecule has 3 rings (SSSR count). The Morgan fingerprint density at radius 1 is 1.47 bits per heavy atom. The fourth-order valence-electron chi connectivity index (χ4n) is 1.70. The summed E-state index contributed by atoms with van der Waals surface area (Å²) in [5.41, 5.74) is 7.60. The van der Waals surface area contributed by atoms with Crippen molar-refractivity contribution in [1.82, 2.24) is 9.97 Å². The summed E-state index contributed by atoms with van der Waals surface area (Å²) in [6.07, 6.45) is 2.52. The van der Waals surface area contributed by atoms with Gasteiger partial charge in [-0.15, -0.1) is 22.7 Å². The van der Waals surface area contributed by atoms with Gasteiger partial charge in [0.25, 0.3) is 0 Å². The van der Waals surface area contributed by atoms with Crippen LogP contribution in [0.4, 0.5) is 5.13 Å². The molecule has 2 heterocycles. The van der Waals surface area contributed by atoms with Crippen molar-refractivity contribution in [2.75, 3.05) is 12.8 Å². The minimum Gasteiger partial charge on any atom is -0.378 e. The smallest absolute Gasteiger partial charge is 0.180 e. The van der Waals surface area contributed by atoms with Crippen molar-refractivity contribution in [2.24, 2.45) is 0 Å². The van der Waals surface area contributed by atoms with Gasteiger partial charge in [-0.3, -0.25) is 0 Å². The van der Waals surface area contributed by atoms with E-state index in [1.165, 1.54) is 29.2 Å². The average molecular weight is 267 g/mol. The lowest BCUT2D eigenvalue weighted by atomic mass is 10.3. The molecule has 0 aliphatic heterocycles. The molecular formula is C11H13N3OS2. The number of ether oxygens (including phenoxy) is 1. The third kappa shape index (κ3) is 2.20. The molecule has 1 aliphatic rings. The van der Waals surface area contributed by atoms with Crippen LogP contribution >= 0.6 is 22.7 Å². The van der Waals surface area contributed by atoms with Gasteiger partial charge in [0.1, 0.15) is 0 Å². The van der Waals surface area contributed by atoms with Crippen molar-refractivity contribution >= 4 is 27.8 Å². The summed E-state index contributed by atoms with van der Waals surface area (Å²) in [5, 5.41) is 3.81. The SMILES string of the molecule is COCc1nc(C2CC2)sc1-c1csc(N)n1. The molecule has 17 heavy (non-hydrogen) atoms. The third-order valence-corrected chi connectivity index (χ3v) is 4.63. The standard InChI is InChI=1S/C11H13N3OS2/c1-15-4-7-9(8-5-16-11(12)14-8)17-10(13-7)6-2-3-6/h5-6H,2-4H2,1H3,(H2,12,14). The molecule has 2 N–H and O–H groups in total. The highest BCUT2D eigenvalue weighted by Crippen LogP contribution is 2.45. The van der Waals surface area contributed by atoms with Crippen molar-refractivity contribution in [3.8, 4) is 10.6 Å². The molecule has 0 atom stereocenters. The normalized spacial score (nSPS) is 15.4. The predicted molar refractivity (Wildman–Crippen MR) is 70.3 cm³/mol. The maximum atomic E-state index is 5.68. The van der Waals surface area contributed by atoms with Gasteiger partial charge in [-0.25, -0.2) is 9.97 Å². The molecule has 90 valence electrons. The Hall–Kier alpha value is -0.980. The summed E-state index contributed by atoms with van der Waals surface area (Å²) in [7, 11) is 1.69. The molecule has 2 aromatic rings. The van der Waals surface area contributed by atoms with Gasteiger partial charge >= 0.3 is 0 Å². The molecule has 0 radical (unpaired) electrons. The van der Waals surface area contributed by atoms with Gasteiger partial charge in [0.2, 0.25) is 0 Å². The van der Waals surface area contributed by atoms with Crippen LogP contribution < -0.4 is 5.73 Å². The second-order valence-corrected chi connectivity index (χ2v) is 6.03. The van der Waals surface area contributed by atoms with E-state index in [-0.39, 0.29) is 0 Å². The number of hydrogen-bond donors (Lipinski definition) is 1. The Kier molecular flexibility index (Phi) is 2.85. The van der Waals surface area contributed by atoms with E-state index in [1.807, 2.05) is 5.38 Å². The third-order valence-electron chi connectivity index (χ3n) is 2.68. The zero-order valence-electron chi connectivity index (χ0n) is 9.47. The summed E-state index contributed by atoms with van der Waals surface area (Å²) < 4.78 is 5.20. The van der Waals surface area contributed by atoms with Crippen molar-refractivity contribution < 1.29 is 4.74 Å². The van der Waals surface area contributed by atoms with E-state index in [9.17, 15) is 0 Å². The molecule has 0 spiro atoms. The molecule has 4 nitrogen and oxygen atoms in total. The van der Waals surface area contributed by atoms with E-state index >= 15 is 0 Å². The molecule has 1 fully saturated rings. The number of rotatable bonds is 4. The van der Waals surface area contributed by atoms with Crippen LogP contribution in [0.1, 0.15) is 29.5 Å². The number of aromatic nitrogens is 2. The molecule has 1 saturated carbocycles. The quantitative estimate of drug-likeness (QED) is 0.925. The minimum absolute atomic E-state index is 0.538. The van der Waals surface area contributed by atoms with Crippen LogP contribution in [-0.2, 0) is 11.3 Å². The summed E-state index contributed by atoms with van der Waals surface area (Å²) >= 11 is 3.20. The summed E-state index contributed by atoms with van der Waals surface area (Å²) in [6.45, 7) is 0.538. The first-order valence-electron chi connectivity index (χ1n) is 5.48. The lowest BCUT2D eigenvalue weighted by Crippen LogP contribution is -1.91. The van der Waals surface area contributed by atoms with Crippen molar-refractivity contribution in [3.05, 3.63) is 16.1 Å². The van der Waals surface area contributed by atoms with E-state index in [4.69, 9.17) is 10.5 Å². The maximum Gasteiger partial charge on any atom is 0.180 e. The van der Waals surface area contributed by atoms with Crippen molar-refractivity contribution in [1.29, 1.82) is 0 Å². The predicted octanol–water partition coefficient (Wildman–Crippen LogP) is 2.87. The van der Waals surface area contributed by atoms with Gasteiger partial charge in [-0.2, -0.15) is 0 Å². The van der Waals surface area contributed by atoms with E-state index < -0.39 is 0 Å². The molecule has 2 aromatic heterocycles.